The molecule has 1 aromatic carbocycles. The molecule has 3 aromatic rings. The lowest BCUT2D eigenvalue weighted by Crippen LogP contribution is -2.53. The van der Waals surface area contributed by atoms with Crippen molar-refractivity contribution >= 4 is 5.95 Å². The number of piperazine rings is 1. The molecular formula is C22H27N7O2. The van der Waals surface area contributed by atoms with Crippen LogP contribution in [-0.2, 0) is 6.54 Å². The second-order valence-electron chi connectivity index (χ2n) is 8.41. The maximum absolute atomic E-state index is 10.7. The summed E-state index contributed by atoms with van der Waals surface area (Å²) in [7, 11) is 0. The second-order valence-corrected chi connectivity index (χ2v) is 8.41. The smallest absolute Gasteiger partial charge is 0.245 e. The number of nitrogens with zero attached hydrogens (tertiary/aromatic N) is 6. The number of fused-ring (bicyclic) bond motifs is 1. The van der Waals surface area contributed by atoms with E-state index in [1.807, 2.05) is 16.8 Å². The highest BCUT2D eigenvalue weighted by Gasteiger charge is 2.24. The van der Waals surface area contributed by atoms with E-state index in [0.29, 0.717) is 35.8 Å². The number of aryl methyl sites for hydroxylation is 1. The van der Waals surface area contributed by atoms with Gasteiger partial charge < -0.3 is 20.1 Å². The van der Waals surface area contributed by atoms with Gasteiger partial charge in [-0.3, -0.25) is 0 Å². The first-order valence-corrected chi connectivity index (χ1v) is 10.8. The summed E-state index contributed by atoms with van der Waals surface area (Å²) in [5, 5.41) is 27.3. The second kappa shape index (κ2) is 8.14. The summed E-state index contributed by atoms with van der Waals surface area (Å²) < 4.78 is 7.63. The van der Waals surface area contributed by atoms with Crippen LogP contribution in [0, 0.1) is 5.92 Å². The third kappa shape index (κ3) is 3.81. The van der Waals surface area contributed by atoms with E-state index in [9.17, 15) is 5.11 Å². The number of rotatable bonds is 4. The van der Waals surface area contributed by atoms with Crippen molar-refractivity contribution < 1.29 is 9.84 Å². The Morgan fingerprint density at radius 1 is 1.16 bits per heavy atom. The number of phenols is 1. The molecule has 4 heterocycles. The Labute approximate surface area is 181 Å². The van der Waals surface area contributed by atoms with Gasteiger partial charge in [0.05, 0.1) is 24.6 Å². The predicted molar refractivity (Wildman–Crippen MR) is 117 cm³/mol. The van der Waals surface area contributed by atoms with Crippen LogP contribution in [0.15, 0.2) is 30.6 Å². The van der Waals surface area contributed by atoms with Crippen molar-refractivity contribution in [1.82, 2.24) is 30.3 Å². The predicted octanol–water partition coefficient (Wildman–Crippen LogP) is 2.32. The highest BCUT2D eigenvalue weighted by Crippen LogP contribution is 2.37. The third-order valence-corrected chi connectivity index (χ3v) is 5.97. The minimum atomic E-state index is 0.124. The van der Waals surface area contributed by atoms with Crippen LogP contribution in [0.4, 0.5) is 5.95 Å². The number of benzene rings is 1. The number of aromatic hydroxyl groups is 1. The molecule has 2 aromatic heterocycles. The molecule has 0 aliphatic carbocycles. The van der Waals surface area contributed by atoms with Gasteiger partial charge in [-0.2, -0.15) is 5.10 Å². The lowest BCUT2D eigenvalue weighted by molar-refractivity contribution is 0.231. The first kappa shape index (κ1) is 19.7. The van der Waals surface area contributed by atoms with E-state index in [2.05, 4.69) is 44.3 Å². The molecule has 1 fully saturated rings. The Kier molecular flexibility index (Phi) is 5.19. The normalized spacial score (nSPS) is 18.7. The van der Waals surface area contributed by atoms with Crippen molar-refractivity contribution in [2.75, 3.05) is 31.1 Å². The maximum atomic E-state index is 10.7. The Balaban J connectivity index is 1.37. The zero-order valence-electron chi connectivity index (χ0n) is 17.8. The Bertz CT molecular complexity index is 1060. The van der Waals surface area contributed by atoms with Gasteiger partial charge in [-0.1, -0.05) is 19.9 Å². The zero-order chi connectivity index (χ0) is 21.4. The van der Waals surface area contributed by atoms with E-state index in [0.717, 1.165) is 49.6 Å². The van der Waals surface area contributed by atoms with E-state index in [4.69, 9.17) is 4.74 Å². The molecule has 2 N–H and O–H groups in total. The molecule has 0 saturated carbocycles. The summed E-state index contributed by atoms with van der Waals surface area (Å²) in [5.74, 6) is 2.03. The molecule has 9 heteroatoms. The number of phenolic OH excluding ortho intramolecular Hbond substituents is 1. The highest BCUT2D eigenvalue weighted by atomic mass is 16.5. The van der Waals surface area contributed by atoms with Gasteiger partial charge in [-0.05, 0) is 23.6 Å². The lowest BCUT2D eigenvalue weighted by Gasteiger charge is -2.35. The summed E-state index contributed by atoms with van der Waals surface area (Å²) >= 11 is 0. The van der Waals surface area contributed by atoms with Gasteiger partial charge in [0.15, 0.2) is 0 Å². The Hall–Kier alpha value is -3.20. The molecule has 2 aliphatic heterocycles. The molecule has 2 aliphatic rings. The largest absolute Gasteiger partial charge is 0.507 e. The standard InChI is InChI=1S/C22H27N7O2/c1-14(2)19-13-28(8-6-23-19)22-24-12-18(26-27-22)16-5-4-15(10-20(16)30)17-11-25-29-7-3-9-31-21(17)29/h4-5,10-12,14,19,23,30H,3,6-9,13H2,1-2H3/t19-/m1/s1. The van der Waals surface area contributed by atoms with Crippen molar-refractivity contribution in [2.45, 2.75) is 32.9 Å². The fraction of sp³-hybridized carbons (Fsp3) is 0.455. The van der Waals surface area contributed by atoms with Crippen LogP contribution >= 0.6 is 0 Å². The maximum Gasteiger partial charge on any atom is 0.245 e. The number of hydrogen-bond donors (Lipinski definition) is 2. The minimum Gasteiger partial charge on any atom is -0.507 e. The minimum absolute atomic E-state index is 0.124. The fourth-order valence-electron chi connectivity index (χ4n) is 4.13. The summed E-state index contributed by atoms with van der Waals surface area (Å²) in [4.78, 5) is 6.68. The van der Waals surface area contributed by atoms with Gasteiger partial charge >= 0.3 is 0 Å². The molecule has 0 bridgehead atoms. The molecule has 9 nitrogen and oxygen atoms in total. The number of ether oxygens (including phenoxy) is 1. The SMILES string of the molecule is CC(C)[C@H]1CN(c2ncc(-c3ccc(-c4cnn5c4OCCC5)cc3O)nn2)CCN1. The number of nitrogens with one attached hydrogen (secondary N) is 1. The number of hydrogen-bond acceptors (Lipinski definition) is 8. The van der Waals surface area contributed by atoms with Crippen molar-refractivity contribution in [3.05, 3.63) is 30.6 Å². The summed E-state index contributed by atoms with van der Waals surface area (Å²) in [5.41, 5.74) is 2.86. The molecule has 31 heavy (non-hydrogen) atoms. The van der Waals surface area contributed by atoms with E-state index in [1.54, 1.807) is 18.5 Å². The fourth-order valence-corrected chi connectivity index (χ4v) is 4.13. The van der Waals surface area contributed by atoms with Gasteiger partial charge in [0.1, 0.15) is 11.4 Å². The van der Waals surface area contributed by atoms with Gasteiger partial charge in [0, 0.05) is 44.2 Å². The number of aromatic nitrogens is 5. The first-order valence-electron chi connectivity index (χ1n) is 10.8. The monoisotopic (exact) mass is 421 g/mol. The third-order valence-electron chi connectivity index (χ3n) is 5.97. The van der Waals surface area contributed by atoms with Gasteiger partial charge in [0.25, 0.3) is 0 Å². The van der Waals surface area contributed by atoms with Crippen LogP contribution in [0.1, 0.15) is 20.3 Å². The average Bonchev–Trinajstić information content (AvgIpc) is 3.23. The van der Waals surface area contributed by atoms with E-state index >= 15 is 0 Å². The molecule has 5 rings (SSSR count). The molecule has 0 spiro atoms. The van der Waals surface area contributed by atoms with E-state index < -0.39 is 0 Å². The number of anilines is 1. The highest BCUT2D eigenvalue weighted by molar-refractivity contribution is 5.76. The average molecular weight is 422 g/mol. The van der Waals surface area contributed by atoms with Crippen LogP contribution in [0.2, 0.25) is 0 Å². The Morgan fingerprint density at radius 2 is 2.06 bits per heavy atom. The van der Waals surface area contributed by atoms with E-state index in [-0.39, 0.29) is 5.75 Å². The topological polar surface area (TPSA) is 101 Å². The molecule has 0 radical (unpaired) electrons. The van der Waals surface area contributed by atoms with Crippen molar-refractivity contribution in [3.8, 4) is 34.0 Å². The first-order chi connectivity index (χ1) is 15.1. The molecular weight excluding hydrogens is 394 g/mol. The molecule has 0 amide bonds. The lowest BCUT2D eigenvalue weighted by atomic mass is 10.0. The van der Waals surface area contributed by atoms with Gasteiger partial charge in [-0.15, -0.1) is 10.2 Å². The van der Waals surface area contributed by atoms with Crippen LogP contribution in [-0.4, -0.2) is 62.4 Å². The Morgan fingerprint density at radius 3 is 2.84 bits per heavy atom. The summed E-state index contributed by atoms with van der Waals surface area (Å²) in [6.45, 7) is 8.56. The van der Waals surface area contributed by atoms with Crippen molar-refractivity contribution in [2.24, 2.45) is 5.92 Å². The van der Waals surface area contributed by atoms with Gasteiger partial charge in [0.2, 0.25) is 11.8 Å². The molecule has 1 atom stereocenters. The van der Waals surface area contributed by atoms with Crippen molar-refractivity contribution in [3.63, 3.8) is 0 Å². The summed E-state index contributed by atoms with van der Waals surface area (Å²) in [6, 6.07) is 5.89. The molecule has 1 saturated heterocycles. The van der Waals surface area contributed by atoms with E-state index in [1.165, 1.54) is 0 Å². The van der Waals surface area contributed by atoms with Crippen molar-refractivity contribution in [1.29, 1.82) is 0 Å². The molecule has 162 valence electrons. The quantitative estimate of drug-likeness (QED) is 0.662. The van der Waals surface area contributed by atoms with Crippen LogP contribution < -0.4 is 15.0 Å². The van der Waals surface area contributed by atoms with Crippen LogP contribution in [0.3, 0.4) is 0 Å². The van der Waals surface area contributed by atoms with Crippen LogP contribution in [0.25, 0.3) is 22.4 Å². The summed E-state index contributed by atoms with van der Waals surface area (Å²) in [6.07, 6.45) is 4.41. The van der Waals surface area contributed by atoms with Crippen LogP contribution in [0.5, 0.6) is 11.6 Å². The van der Waals surface area contributed by atoms with Gasteiger partial charge in [-0.25, -0.2) is 9.67 Å². The zero-order valence-corrected chi connectivity index (χ0v) is 17.8. The molecule has 0 unspecified atom stereocenters.